The molecule has 1 saturated heterocycles. The number of rotatable bonds is 2. The van der Waals surface area contributed by atoms with Gasteiger partial charge in [-0.3, -0.25) is 4.90 Å². The second kappa shape index (κ2) is 6.56. The van der Waals surface area contributed by atoms with Crippen LogP contribution in [0.3, 0.4) is 0 Å². The number of nitrogens with zero attached hydrogens (tertiary/aromatic N) is 1. The zero-order valence-electron chi connectivity index (χ0n) is 13.6. The van der Waals surface area contributed by atoms with Crippen molar-refractivity contribution in [1.29, 1.82) is 0 Å². The van der Waals surface area contributed by atoms with Gasteiger partial charge in [0.15, 0.2) is 0 Å². The molecule has 1 heterocycles. The molecule has 1 N–H and O–H groups in total. The SMILES string of the molecule is CC(C)(C)OC(=O)N1CCC(c2ccccc2F)CC1C(=O)O. The van der Waals surface area contributed by atoms with Crippen LogP contribution in [0, 0.1) is 5.82 Å². The average molecular weight is 323 g/mol. The zero-order valence-corrected chi connectivity index (χ0v) is 13.6. The monoisotopic (exact) mass is 323 g/mol. The van der Waals surface area contributed by atoms with Gasteiger partial charge in [0, 0.05) is 6.54 Å². The van der Waals surface area contributed by atoms with Gasteiger partial charge in [0.05, 0.1) is 0 Å². The number of carboxylic acid groups (broad SMARTS) is 1. The van der Waals surface area contributed by atoms with E-state index in [0.717, 1.165) is 0 Å². The van der Waals surface area contributed by atoms with Crippen LogP contribution in [0.25, 0.3) is 0 Å². The molecule has 1 aromatic rings. The topological polar surface area (TPSA) is 66.8 Å². The molecule has 23 heavy (non-hydrogen) atoms. The van der Waals surface area contributed by atoms with Crippen LogP contribution in [0.4, 0.5) is 9.18 Å². The van der Waals surface area contributed by atoms with E-state index in [4.69, 9.17) is 4.74 Å². The molecule has 126 valence electrons. The number of ether oxygens (including phenoxy) is 1. The smallest absolute Gasteiger partial charge is 0.411 e. The minimum atomic E-state index is -1.10. The number of amides is 1. The van der Waals surface area contributed by atoms with Crippen molar-refractivity contribution in [2.24, 2.45) is 0 Å². The summed E-state index contributed by atoms with van der Waals surface area (Å²) in [5.41, 5.74) is -0.190. The summed E-state index contributed by atoms with van der Waals surface area (Å²) in [4.78, 5) is 25.0. The standard InChI is InChI=1S/C17H22FNO4/c1-17(2,3)23-16(22)19-9-8-11(10-14(19)15(20)21)12-6-4-5-7-13(12)18/h4-7,11,14H,8-10H2,1-3H3,(H,20,21). The van der Waals surface area contributed by atoms with Crippen LogP contribution in [0.5, 0.6) is 0 Å². The van der Waals surface area contributed by atoms with Gasteiger partial charge in [-0.15, -0.1) is 0 Å². The highest BCUT2D eigenvalue weighted by molar-refractivity contribution is 5.80. The summed E-state index contributed by atoms with van der Waals surface area (Å²) in [7, 11) is 0. The average Bonchev–Trinajstić information content (AvgIpc) is 2.45. The molecule has 0 aliphatic carbocycles. The van der Waals surface area contributed by atoms with Crippen LogP contribution in [0.1, 0.15) is 45.1 Å². The van der Waals surface area contributed by atoms with E-state index in [2.05, 4.69) is 0 Å². The molecule has 2 rings (SSSR count). The Kier molecular flexibility index (Phi) is 4.92. The van der Waals surface area contributed by atoms with Gasteiger partial charge in [-0.2, -0.15) is 0 Å². The van der Waals surface area contributed by atoms with Crippen molar-refractivity contribution in [2.45, 2.75) is 51.2 Å². The first-order valence-corrected chi connectivity index (χ1v) is 7.66. The van der Waals surface area contributed by atoms with E-state index in [9.17, 15) is 19.1 Å². The number of hydrogen-bond acceptors (Lipinski definition) is 3. The quantitative estimate of drug-likeness (QED) is 0.906. The molecule has 1 amide bonds. The molecule has 0 radical (unpaired) electrons. The van der Waals surface area contributed by atoms with Crippen LogP contribution in [-0.4, -0.2) is 40.3 Å². The third-order valence-corrected chi connectivity index (χ3v) is 3.86. The molecule has 0 bridgehead atoms. The molecule has 5 nitrogen and oxygen atoms in total. The maximum Gasteiger partial charge on any atom is 0.411 e. The van der Waals surface area contributed by atoms with Crippen LogP contribution in [0.15, 0.2) is 24.3 Å². The van der Waals surface area contributed by atoms with Gasteiger partial charge in [-0.05, 0) is 51.2 Å². The van der Waals surface area contributed by atoms with Gasteiger partial charge in [0.25, 0.3) is 0 Å². The number of piperidine rings is 1. The van der Waals surface area contributed by atoms with E-state index >= 15 is 0 Å². The van der Waals surface area contributed by atoms with Crippen LogP contribution in [0.2, 0.25) is 0 Å². The Hall–Kier alpha value is -2.11. The predicted molar refractivity (Wildman–Crippen MR) is 82.7 cm³/mol. The minimum absolute atomic E-state index is 0.176. The second-order valence-electron chi connectivity index (χ2n) is 6.77. The van der Waals surface area contributed by atoms with Crippen LogP contribution < -0.4 is 0 Å². The van der Waals surface area contributed by atoms with Crippen molar-refractivity contribution in [2.75, 3.05) is 6.54 Å². The lowest BCUT2D eigenvalue weighted by atomic mass is 9.85. The lowest BCUT2D eigenvalue weighted by Gasteiger charge is -2.38. The van der Waals surface area contributed by atoms with Crippen molar-refractivity contribution in [3.8, 4) is 0 Å². The largest absolute Gasteiger partial charge is 0.480 e. The third kappa shape index (κ3) is 4.21. The van der Waals surface area contributed by atoms with Crippen molar-refractivity contribution in [3.05, 3.63) is 35.6 Å². The zero-order chi connectivity index (χ0) is 17.2. The maximum atomic E-state index is 13.9. The van der Waals surface area contributed by atoms with E-state index in [0.29, 0.717) is 12.0 Å². The fourth-order valence-electron chi connectivity index (χ4n) is 2.83. The van der Waals surface area contributed by atoms with E-state index < -0.39 is 23.7 Å². The van der Waals surface area contributed by atoms with E-state index in [1.807, 2.05) is 0 Å². The summed E-state index contributed by atoms with van der Waals surface area (Å²) in [6, 6.07) is 5.36. The molecule has 1 aliphatic rings. The van der Waals surface area contributed by atoms with Gasteiger partial charge in [0.1, 0.15) is 17.5 Å². The first-order valence-electron chi connectivity index (χ1n) is 7.66. The summed E-state index contributed by atoms with van der Waals surface area (Å²) in [6.45, 7) is 5.41. The van der Waals surface area contributed by atoms with E-state index in [1.165, 1.54) is 11.0 Å². The highest BCUT2D eigenvalue weighted by atomic mass is 19.1. The second-order valence-corrected chi connectivity index (χ2v) is 6.77. The lowest BCUT2D eigenvalue weighted by molar-refractivity contribution is -0.144. The molecule has 0 saturated carbocycles. The van der Waals surface area contributed by atoms with Crippen molar-refractivity contribution < 1.29 is 23.8 Å². The molecule has 1 aromatic carbocycles. The molecular weight excluding hydrogens is 301 g/mol. The Morgan fingerprint density at radius 2 is 1.96 bits per heavy atom. The number of carboxylic acids is 1. The highest BCUT2D eigenvalue weighted by Gasteiger charge is 2.39. The fourth-order valence-corrected chi connectivity index (χ4v) is 2.83. The van der Waals surface area contributed by atoms with Gasteiger partial charge >= 0.3 is 12.1 Å². The Morgan fingerprint density at radius 3 is 2.52 bits per heavy atom. The van der Waals surface area contributed by atoms with Gasteiger partial charge in [-0.1, -0.05) is 18.2 Å². The number of carbonyl (C=O) groups is 2. The molecule has 2 unspecified atom stereocenters. The Balaban J connectivity index is 2.17. The minimum Gasteiger partial charge on any atom is -0.480 e. The number of halogens is 1. The number of benzene rings is 1. The number of aliphatic carboxylic acids is 1. The predicted octanol–water partition coefficient (Wildman–Crippen LogP) is 3.39. The number of likely N-dealkylation sites (tertiary alicyclic amines) is 1. The Labute approximate surface area is 135 Å². The van der Waals surface area contributed by atoms with Crippen molar-refractivity contribution in [3.63, 3.8) is 0 Å². The molecule has 1 aliphatic heterocycles. The van der Waals surface area contributed by atoms with Gasteiger partial charge in [-0.25, -0.2) is 14.0 Å². The summed E-state index contributed by atoms with van der Waals surface area (Å²) in [6.07, 6.45) is 0.0383. The summed E-state index contributed by atoms with van der Waals surface area (Å²) in [5.74, 6) is -1.67. The maximum absolute atomic E-state index is 13.9. The van der Waals surface area contributed by atoms with Gasteiger partial charge < -0.3 is 9.84 Å². The first-order chi connectivity index (χ1) is 10.7. The van der Waals surface area contributed by atoms with Crippen LogP contribution in [-0.2, 0) is 9.53 Å². The molecular formula is C17H22FNO4. The van der Waals surface area contributed by atoms with Crippen LogP contribution >= 0.6 is 0 Å². The Morgan fingerprint density at radius 1 is 1.30 bits per heavy atom. The van der Waals surface area contributed by atoms with Crippen molar-refractivity contribution >= 4 is 12.1 Å². The normalized spacial score (nSPS) is 21.8. The van der Waals surface area contributed by atoms with E-state index in [-0.39, 0.29) is 24.7 Å². The molecule has 0 aromatic heterocycles. The molecule has 2 atom stereocenters. The molecule has 0 spiro atoms. The summed E-state index contributed by atoms with van der Waals surface area (Å²) >= 11 is 0. The lowest BCUT2D eigenvalue weighted by Crippen LogP contribution is -2.51. The van der Waals surface area contributed by atoms with Crippen molar-refractivity contribution in [1.82, 2.24) is 4.90 Å². The van der Waals surface area contributed by atoms with E-state index in [1.54, 1.807) is 39.0 Å². The molecule has 6 heteroatoms. The highest BCUT2D eigenvalue weighted by Crippen LogP contribution is 2.33. The number of hydrogen-bond donors (Lipinski definition) is 1. The third-order valence-electron chi connectivity index (χ3n) is 3.86. The first kappa shape index (κ1) is 17.2. The Bertz CT molecular complexity index is 597. The fraction of sp³-hybridized carbons (Fsp3) is 0.529. The summed E-state index contributed by atoms with van der Waals surface area (Å²) in [5, 5.41) is 9.45. The molecule has 1 fully saturated rings. The van der Waals surface area contributed by atoms with Gasteiger partial charge in [0.2, 0.25) is 0 Å². The number of carbonyl (C=O) groups excluding carboxylic acids is 1. The summed E-state index contributed by atoms with van der Waals surface area (Å²) < 4.78 is 19.2.